The number of hydrogen-bond acceptors (Lipinski definition) is 1. The lowest BCUT2D eigenvalue weighted by atomic mass is 9.88. The van der Waals surface area contributed by atoms with Crippen molar-refractivity contribution in [1.29, 1.82) is 0 Å². The number of fused-ring (bicyclic) bond motifs is 9. The van der Waals surface area contributed by atoms with Gasteiger partial charge in [-0.15, -0.1) is 0 Å². The first kappa shape index (κ1) is 22.7. The monoisotopic (exact) mass is 557 g/mol. The van der Waals surface area contributed by atoms with Gasteiger partial charge in [0.15, 0.2) is 0 Å². The Morgan fingerprint density at radius 1 is 0.364 bits per heavy atom. The number of rotatable bonds is 2. The van der Waals surface area contributed by atoms with Crippen LogP contribution in [-0.2, 0) is 0 Å². The maximum absolute atomic E-state index is 6.42. The average Bonchev–Trinajstić information content (AvgIpc) is 3.75. The van der Waals surface area contributed by atoms with Gasteiger partial charge in [0.1, 0.15) is 11.2 Å². The van der Waals surface area contributed by atoms with Crippen molar-refractivity contribution in [3.63, 3.8) is 0 Å². The van der Waals surface area contributed by atoms with Crippen LogP contribution >= 0.6 is 0 Å². The van der Waals surface area contributed by atoms with E-state index in [1.165, 1.54) is 92.7 Å². The fourth-order valence-electron chi connectivity index (χ4n) is 8.05. The quantitative estimate of drug-likeness (QED) is 0.193. The predicted molar refractivity (Wildman–Crippen MR) is 185 cm³/mol. The minimum Gasteiger partial charge on any atom is -0.456 e. The van der Waals surface area contributed by atoms with Crippen LogP contribution in [0.1, 0.15) is 0 Å². The summed E-state index contributed by atoms with van der Waals surface area (Å²) < 4.78 is 8.86. The molecule has 0 N–H and O–H groups in total. The summed E-state index contributed by atoms with van der Waals surface area (Å²) in [6.45, 7) is 0. The highest BCUT2D eigenvalue weighted by Gasteiger charge is 2.21. The number of benzene rings is 8. The molecule has 0 amide bonds. The smallest absolute Gasteiger partial charge is 0.136 e. The highest BCUT2D eigenvalue weighted by atomic mass is 16.3. The Morgan fingerprint density at radius 2 is 1.05 bits per heavy atom. The first-order valence-corrected chi connectivity index (χ1v) is 15.2. The molecule has 0 saturated carbocycles. The van der Waals surface area contributed by atoms with Crippen LogP contribution < -0.4 is 0 Å². The molecule has 0 radical (unpaired) electrons. The second-order valence-electron chi connectivity index (χ2n) is 12.1. The third-order valence-corrected chi connectivity index (χ3v) is 9.88. The molecular weight excluding hydrogens is 534 g/mol. The number of hydrogen-bond donors (Lipinski definition) is 0. The molecule has 11 aromatic rings. The van der Waals surface area contributed by atoms with Crippen molar-refractivity contribution in [2.24, 2.45) is 0 Å². The van der Waals surface area contributed by atoms with Crippen LogP contribution in [0.3, 0.4) is 0 Å². The minimum absolute atomic E-state index is 0.943. The summed E-state index contributed by atoms with van der Waals surface area (Å²) >= 11 is 0. The first-order chi connectivity index (χ1) is 21.8. The molecule has 2 heteroatoms. The summed E-state index contributed by atoms with van der Waals surface area (Å²) in [5, 5.41) is 12.7. The van der Waals surface area contributed by atoms with Gasteiger partial charge in [0.25, 0.3) is 0 Å². The Labute approximate surface area is 251 Å². The van der Waals surface area contributed by atoms with Crippen LogP contribution in [0.15, 0.2) is 144 Å². The number of nitrogens with zero attached hydrogens (tertiary/aromatic N) is 1. The van der Waals surface area contributed by atoms with Gasteiger partial charge in [-0.1, -0.05) is 103 Å². The van der Waals surface area contributed by atoms with Gasteiger partial charge in [0.2, 0.25) is 0 Å². The van der Waals surface area contributed by atoms with Gasteiger partial charge in [0, 0.05) is 37.7 Å². The van der Waals surface area contributed by atoms with Gasteiger partial charge in [-0.2, -0.15) is 0 Å². The van der Waals surface area contributed by atoms with Crippen molar-refractivity contribution in [2.45, 2.75) is 0 Å². The summed E-state index contributed by atoms with van der Waals surface area (Å²) in [4.78, 5) is 0. The van der Waals surface area contributed by atoms with E-state index in [1.54, 1.807) is 0 Å². The molecule has 0 unspecified atom stereocenters. The summed E-state index contributed by atoms with van der Waals surface area (Å²) in [6.07, 6.45) is 0. The van der Waals surface area contributed by atoms with E-state index in [9.17, 15) is 0 Å². The van der Waals surface area contributed by atoms with Crippen molar-refractivity contribution in [3.05, 3.63) is 140 Å². The largest absolute Gasteiger partial charge is 0.456 e. The molecular formula is C42H23NO. The Kier molecular flexibility index (Phi) is 4.10. The topological polar surface area (TPSA) is 17.6 Å². The van der Waals surface area contributed by atoms with E-state index in [-0.39, 0.29) is 0 Å². The summed E-state index contributed by atoms with van der Waals surface area (Å²) in [5.41, 5.74) is 10.6. The van der Waals surface area contributed by atoms with E-state index in [0.29, 0.717) is 0 Å². The molecule has 8 aromatic carbocycles. The van der Waals surface area contributed by atoms with Gasteiger partial charge in [-0.05, 0) is 74.8 Å². The molecule has 0 saturated heterocycles. The molecule has 11 rings (SSSR count). The van der Waals surface area contributed by atoms with Gasteiger partial charge in [-0.25, -0.2) is 0 Å². The molecule has 0 atom stereocenters. The number of furan rings is 1. The SMILES string of the molecule is c1ccc(-c2ccc3oc4cccc5c6ccc(-c7ccc8c(c7)c7cccc9c%10ccccc%10n8c97)cc6c2c3c45)cc1. The highest BCUT2D eigenvalue weighted by Crippen LogP contribution is 2.47. The molecule has 0 spiro atoms. The zero-order chi connectivity index (χ0) is 28.5. The van der Waals surface area contributed by atoms with E-state index in [1.807, 2.05) is 0 Å². The van der Waals surface area contributed by atoms with E-state index >= 15 is 0 Å². The number of para-hydroxylation sites is 2. The Hall–Kier alpha value is -5.86. The summed E-state index contributed by atoms with van der Waals surface area (Å²) in [5.74, 6) is 0. The van der Waals surface area contributed by atoms with E-state index in [4.69, 9.17) is 4.42 Å². The molecule has 0 fully saturated rings. The van der Waals surface area contributed by atoms with Crippen LogP contribution in [0.4, 0.5) is 0 Å². The minimum atomic E-state index is 0.943. The zero-order valence-corrected chi connectivity index (χ0v) is 23.6. The summed E-state index contributed by atoms with van der Waals surface area (Å²) in [6, 6.07) is 51.0. The molecule has 2 nitrogen and oxygen atoms in total. The lowest BCUT2D eigenvalue weighted by Gasteiger charge is -2.14. The van der Waals surface area contributed by atoms with Gasteiger partial charge >= 0.3 is 0 Å². The third-order valence-electron chi connectivity index (χ3n) is 9.88. The third kappa shape index (κ3) is 2.72. The lowest BCUT2D eigenvalue weighted by molar-refractivity contribution is 0.669. The van der Waals surface area contributed by atoms with E-state index in [0.717, 1.165) is 11.2 Å². The maximum Gasteiger partial charge on any atom is 0.136 e. The lowest BCUT2D eigenvalue weighted by Crippen LogP contribution is -1.88. The molecule has 0 aliphatic rings. The fraction of sp³-hybridized carbons (Fsp3) is 0. The maximum atomic E-state index is 6.42. The van der Waals surface area contributed by atoms with Crippen molar-refractivity contribution in [1.82, 2.24) is 4.40 Å². The van der Waals surface area contributed by atoms with Crippen LogP contribution in [0, 0.1) is 0 Å². The summed E-state index contributed by atoms with van der Waals surface area (Å²) in [7, 11) is 0. The van der Waals surface area contributed by atoms with Crippen LogP contribution in [-0.4, -0.2) is 4.40 Å². The molecule has 202 valence electrons. The Morgan fingerprint density at radius 3 is 1.95 bits per heavy atom. The second-order valence-corrected chi connectivity index (χ2v) is 12.1. The highest BCUT2D eigenvalue weighted by molar-refractivity contribution is 6.35. The Bertz CT molecular complexity index is 2920. The van der Waals surface area contributed by atoms with Gasteiger partial charge in [-0.3, -0.25) is 0 Å². The predicted octanol–water partition coefficient (Wildman–Crippen LogP) is 11.8. The average molecular weight is 558 g/mol. The van der Waals surface area contributed by atoms with Crippen LogP contribution in [0.25, 0.3) is 104 Å². The van der Waals surface area contributed by atoms with E-state index in [2.05, 4.69) is 144 Å². The molecule has 44 heavy (non-hydrogen) atoms. The second kappa shape index (κ2) is 7.94. The molecule has 3 aromatic heterocycles. The standard InChI is InChI=1S/C42H23NO/c1-2-8-24(9-3-1)27-19-21-38-41-39(27)34-23-25(16-18-28(34)30-11-7-15-37(44-38)40(30)41)26-17-20-36-33(22-26)32-13-6-12-31-29-10-4-5-14-35(29)43(36)42(31)32/h1-23H. The zero-order valence-electron chi connectivity index (χ0n) is 23.6. The molecule has 0 bridgehead atoms. The van der Waals surface area contributed by atoms with Crippen molar-refractivity contribution < 1.29 is 4.42 Å². The van der Waals surface area contributed by atoms with Crippen molar-refractivity contribution in [2.75, 3.05) is 0 Å². The first-order valence-electron chi connectivity index (χ1n) is 15.2. The fourth-order valence-corrected chi connectivity index (χ4v) is 8.05. The van der Waals surface area contributed by atoms with Gasteiger partial charge in [0.05, 0.1) is 16.6 Å². The normalized spacial score (nSPS) is 12.5. The molecule has 0 aliphatic heterocycles. The Balaban J connectivity index is 1.24. The van der Waals surface area contributed by atoms with Crippen LogP contribution in [0.2, 0.25) is 0 Å². The molecule has 3 heterocycles. The molecule has 0 aliphatic carbocycles. The van der Waals surface area contributed by atoms with Crippen molar-refractivity contribution >= 4 is 81.6 Å². The van der Waals surface area contributed by atoms with Crippen LogP contribution in [0.5, 0.6) is 0 Å². The van der Waals surface area contributed by atoms with Gasteiger partial charge < -0.3 is 8.82 Å². The van der Waals surface area contributed by atoms with E-state index < -0.39 is 0 Å². The number of aromatic nitrogens is 1. The van der Waals surface area contributed by atoms with Crippen molar-refractivity contribution in [3.8, 4) is 22.3 Å².